The predicted molar refractivity (Wildman–Crippen MR) is 144 cm³/mol. The monoisotopic (exact) mass is 543 g/mol. The number of likely N-dealkylation sites (N-methyl/N-ethyl adjacent to an activating group) is 1. The van der Waals surface area contributed by atoms with Crippen LogP contribution in [-0.2, 0) is 26.2 Å². The van der Waals surface area contributed by atoms with Gasteiger partial charge in [0.1, 0.15) is 18.3 Å². The molecule has 3 rings (SSSR count). The Kier molecular flexibility index (Phi) is 9.18. The van der Waals surface area contributed by atoms with Crippen molar-refractivity contribution >= 4 is 39.1 Å². The number of methoxy groups -OCH3 is 1. The number of anilines is 1. The Balaban J connectivity index is 2.02. The maximum Gasteiger partial charge on any atom is 0.264 e. The quantitative estimate of drug-likeness (QED) is 0.417. The lowest BCUT2D eigenvalue weighted by atomic mass is 10.1. The average Bonchev–Trinajstić information content (AvgIpc) is 2.90. The summed E-state index contributed by atoms with van der Waals surface area (Å²) in [5.74, 6) is -0.423. The normalized spacial score (nSPS) is 11.9. The van der Waals surface area contributed by atoms with Gasteiger partial charge in [0.2, 0.25) is 11.8 Å². The second-order valence-electron chi connectivity index (χ2n) is 8.46. The first-order valence-corrected chi connectivity index (χ1v) is 13.4. The van der Waals surface area contributed by atoms with Crippen LogP contribution in [0, 0.1) is 6.92 Å². The van der Waals surface area contributed by atoms with Gasteiger partial charge < -0.3 is 15.0 Å². The molecule has 0 radical (unpaired) electrons. The first-order valence-electron chi connectivity index (χ1n) is 11.6. The number of hydrogen-bond donors (Lipinski definition) is 1. The number of nitrogens with zero attached hydrogens (tertiary/aromatic N) is 2. The van der Waals surface area contributed by atoms with Gasteiger partial charge in [0.05, 0.1) is 17.7 Å². The molecule has 0 fully saturated rings. The van der Waals surface area contributed by atoms with Crippen molar-refractivity contribution in [3.05, 3.63) is 88.9 Å². The third-order valence-corrected chi connectivity index (χ3v) is 7.93. The van der Waals surface area contributed by atoms with Crippen LogP contribution in [0.25, 0.3) is 0 Å². The van der Waals surface area contributed by atoms with Crippen LogP contribution in [0.15, 0.2) is 77.7 Å². The van der Waals surface area contributed by atoms with E-state index in [0.717, 1.165) is 9.87 Å². The molecule has 0 saturated carbocycles. The SMILES string of the molecule is CNC(=O)[C@H](C)N(Cc1cccc(Cl)c1)C(=O)CN(c1ccc(C)cc1)S(=O)(=O)c1ccc(OC)cc1. The van der Waals surface area contributed by atoms with Crippen molar-refractivity contribution in [1.82, 2.24) is 10.2 Å². The van der Waals surface area contributed by atoms with Gasteiger partial charge >= 0.3 is 0 Å². The molecule has 8 nitrogen and oxygen atoms in total. The van der Waals surface area contributed by atoms with E-state index in [2.05, 4.69) is 5.32 Å². The van der Waals surface area contributed by atoms with E-state index in [9.17, 15) is 18.0 Å². The van der Waals surface area contributed by atoms with Gasteiger partial charge in [-0.3, -0.25) is 13.9 Å². The van der Waals surface area contributed by atoms with Gasteiger partial charge in [-0.25, -0.2) is 8.42 Å². The van der Waals surface area contributed by atoms with E-state index in [1.807, 2.05) is 6.92 Å². The van der Waals surface area contributed by atoms with Gasteiger partial charge in [-0.2, -0.15) is 0 Å². The van der Waals surface area contributed by atoms with Crippen molar-refractivity contribution in [2.75, 3.05) is 25.0 Å². The molecule has 0 aromatic heterocycles. The zero-order valence-electron chi connectivity index (χ0n) is 21.1. The zero-order chi connectivity index (χ0) is 27.2. The summed E-state index contributed by atoms with van der Waals surface area (Å²) in [6.07, 6.45) is 0. The Morgan fingerprint density at radius 1 is 1.03 bits per heavy atom. The molecule has 2 amide bonds. The van der Waals surface area contributed by atoms with Crippen molar-refractivity contribution in [2.45, 2.75) is 31.3 Å². The number of carbonyl (C=O) groups is 2. The molecule has 10 heteroatoms. The van der Waals surface area contributed by atoms with E-state index in [1.165, 1.54) is 31.2 Å². The first-order chi connectivity index (χ1) is 17.6. The number of hydrogen-bond acceptors (Lipinski definition) is 5. The molecule has 0 aliphatic heterocycles. The smallest absolute Gasteiger partial charge is 0.264 e. The summed E-state index contributed by atoms with van der Waals surface area (Å²) in [7, 11) is -1.17. The highest BCUT2D eigenvalue weighted by atomic mass is 35.5. The van der Waals surface area contributed by atoms with Crippen molar-refractivity contribution in [1.29, 1.82) is 0 Å². The van der Waals surface area contributed by atoms with E-state index in [1.54, 1.807) is 67.6 Å². The third kappa shape index (κ3) is 6.81. The highest BCUT2D eigenvalue weighted by molar-refractivity contribution is 7.92. The molecule has 37 heavy (non-hydrogen) atoms. The van der Waals surface area contributed by atoms with Crippen LogP contribution in [0.2, 0.25) is 5.02 Å². The maximum absolute atomic E-state index is 13.8. The second kappa shape index (κ2) is 12.1. The summed E-state index contributed by atoms with van der Waals surface area (Å²) in [6, 6.07) is 18.9. The number of amides is 2. The minimum absolute atomic E-state index is 0.00224. The molecule has 0 unspecified atom stereocenters. The Morgan fingerprint density at radius 2 is 1.68 bits per heavy atom. The van der Waals surface area contributed by atoms with E-state index >= 15 is 0 Å². The highest BCUT2D eigenvalue weighted by Gasteiger charge is 2.32. The summed E-state index contributed by atoms with van der Waals surface area (Å²) in [6.45, 7) is 3.03. The average molecular weight is 544 g/mol. The highest BCUT2D eigenvalue weighted by Crippen LogP contribution is 2.26. The molecule has 0 bridgehead atoms. The van der Waals surface area contributed by atoms with Crippen LogP contribution >= 0.6 is 11.6 Å². The standard InChI is InChI=1S/C27H30ClN3O5S/c1-19-8-10-23(11-9-19)31(37(34,35)25-14-12-24(36-4)13-15-25)18-26(32)30(20(2)27(33)29-3)17-21-6-5-7-22(28)16-21/h5-16,20H,17-18H2,1-4H3,(H,29,33)/t20-/m0/s1. The fraction of sp³-hybridized carbons (Fsp3) is 0.259. The van der Waals surface area contributed by atoms with Gasteiger partial charge in [-0.1, -0.05) is 41.4 Å². The molecule has 0 spiro atoms. The van der Waals surface area contributed by atoms with Crippen LogP contribution in [-0.4, -0.2) is 51.9 Å². The zero-order valence-corrected chi connectivity index (χ0v) is 22.7. The molecule has 1 N–H and O–H groups in total. The molecular formula is C27H30ClN3O5S. The fourth-order valence-corrected chi connectivity index (χ4v) is 5.37. The Morgan fingerprint density at radius 3 is 2.24 bits per heavy atom. The number of nitrogens with one attached hydrogen (secondary N) is 1. The lowest BCUT2D eigenvalue weighted by Crippen LogP contribution is -2.50. The number of sulfonamides is 1. The van der Waals surface area contributed by atoms with Crippen LogP contribution in [0.4, 0.5) is 5.69 Å². The van der Waals surface area contributed by atoms with E-state index in [-0.39, 0.29) is 17.3 Å². The summed E-state index contributed by atoms with van der Waals surface area (Å²) in [4.78, 5) is 27.6. The predicted octanol–water partition coefficient (Wildman–Crippen LogP) is 4.02. The second-order valence-corrected chi connectivity index (χ2v) is 10.8. The molecule has 0 heterocycles. The van der Waals surface area contributed by atoms with Crippen LogP contribution in [0.5, 0.6) is 5.75 Å². The maximum atomic E-state index is 13.8. The van der Waals surface area contributed by atoms with E-state index in [0.29, 0.717) is 22.0 Å². The molecule has 196 valence electrons. The summed E-state index contributed by atoms with van der Waals surface area (Å²) < 4.78 is 33.7. The van der Waals surface area contributed by atoms with Gasteiger partial charge in [-0.05, 0) is 67.9 Å². The first kappa shape index (κ1) is 28.0. The topological polar surface area (TPSA) is 96.0 Å². The minimum Gasteiger partial charge on any atom is -0.497 e. The number of halogens is 1. The van der Waals surface area contributed by atoms with E-state index in [4.69, 9.17) is 16.3 Å². The molecular weight excluding hydrogens is 514 g/mol. The molecule has 3 aromatic carbocycles. The van der Waals surface area contributed by atoms with E-state index < -0.39 is 28.5 Å². The third-order valence-electron chi connectivity index (χ3n) is 5.90. The number of rotatable bonds is 10. The Labute approximate surface area is 222 Å². The molecule has 0 aliphatic rings. The molecule has 0 saturated heterocycles. The van der Waals surface area contributed by atoms with Gasteiger partial charge in [-0.15, -0.1) is 0 Å². The lowest BCUT2D eigenvalue weighted by molar-refractivity contribution is -0.139. The largest absolute Gasteiger partial charge is 0.497 e. The van der Waals surface area contributed by atoms with Gasteiger partial charge in [0.15, 0.2) is 0 Å². The summed E-state index contributed by atoms with van der Waals surface area (Å²) >= 11 is 6.12. The van der Waals surface area contributed by atoms with Crippen molar-refractivity contribution in [3.63, 3.8) is 0 Å². The number of ether oxygens (including phenoxy) is 1. The molecule has 3 aromatic rings. The van der Waals surface area contributed by atoms with Crippen LogP contribution < -0.4 is 14.4 Å². The van der Waals surface area contributed by atoms with Crippen LogP contribution in [0.3, 0.4) is 0 Å². The number of benzene rings is 3. The number of carbonyl (C=O) groups excluding carboxylic acids is 2. The van der Waals surface area contributed by atoms with Crippen molar-refractivity contribution in [2.24, 2.45) is 0 Å². The van der Waals surface area contributed by atoms with Gasteiger partial charge in [0, 0.05) is 18.6 Å². The summed E-state index contributed by atoms with van der Waals surface area (Å²) in [5, 5.41) is 3.04. The molecule has 1 atom stereocenters. The summed E-state index contributed by atoms with van der Waals surface area (Å²) in [5.41, 5.74) is 1.97. The van der Waals surface area contributed by atoms with Crippen LogP contribution in [0.1, 0.15) is 18.1 Å². The van der Waals surface area contributed by atoms with Crippen molar-refractivity contribution in [3.8, 4) is 5.75 Å². The van der Waals surface area contributed by atoms with Crippen molar-refractivity contribution < 1.29 is 22.7 Å². The Hall–Kier alpha value is -3.56. The minimum atomic E-state index is -4.14. The number of aryl methyl sites for hydroxylation is 1. The van der Waals surface area contributed by atoms with Gasteiger partial charge in [0.25, 0.3) is 10.0 Å². The fourth-order valence-electron chi connectivity index (χ4n) is 3.74. The molecule has 0 aliphatic carbocycles. The lowest BCUT2D eigenvalue weighted by Gasteiger charge is -2.31. The Bertz CT molecular complexity index is 1350.